The molecular formula is C15H14N2S. The molecule has 3 rings (SSSR count). The van der Waals surface area contributed by atoms with Gasteiger partial charge in [-0.05, 0) is 30.7 Å². The van der Waals surface area contributed by atoms with E-state index in [1.807, 2.05) is 11.6 Å². The van der Waals surface area contributed by atoms with Crippen molar-refractivity contribution in [2.75, 3.05) is 5.32 Å². The molecule has 18 heavy (non-hydrogen) atoms. The van der Waals surface area contributed by atoms with Gasteiger partial charge in [0.15, 0.2) is 0 Å². The van der Waals surface area contributed by atoms with E-state index < -0.39 is 0 Å². The van der Waals surface area contributed by atoms with Crippen molar-refractivity contribution in [2.45, 2.75) is 13.0 Å². The first-order valence-electron chi connectivity index (χ1n) is 5.98. The SMILES string of the molecule is C[C@@H](Nc1ccc2ncsc2c1)c1ccccc1. The summed E-state index contributed by atoms with van der Waals surface area (Å²) < 4.78 is 1.22. The van der Waals surface area contributed by atoms with Crippen LogP contribution in [0.2, 0.25) is 0 Å². The number of hydrogen-bond acceptors (Lipinski definition) is 3. The van der Waals surface area contributed by atoms with Gasteiger partial charge < -0.3 is 5.32 Å². The average Bonchev–Trinajstić information content (AvgIpc) is 2.87. The third-order valence-electron chi connectivity index (χ3n) is 3.01. The Hall–Kier alpha value is -1.87. The zero-order valence-corrected chi connectivity index (χ0v) is 10.9. The van der Waals surface area contributed by atoms with Crippen LogP contribution in [0.4, 0.5) is 5.69 Å². The van der Waals surface area contributed by atoms with E-state index in [-0.39, 0.29) is 0 Å². The molecule has 0 saturated heterocycles. The summed E-state index contributed by atoms with van der Waals surface area (Å²) in [6, 6.07) is 17.1. The standard InChI is InChI=1S/C15H14N2S/c1-11(12-5-3-2-4-6-12)17-13-7-8-14-15(9-13)18-10-16-14/h2-11,17H,1H3/t11-/m1/s1. The van der Waals surface area contributed by atoms with Crippen molar-refractivity contribution in [2.24, 2.45) is 0 Å². The lowest BCUT2D eigenvalue weighted by Crippen LogP contribution is -2.05. The van der Waals surface area contributed by atoms with Crippen LogP contribution in [0, 0.1) is 0 Å². The van der Waals surface area contributed by atoms with E-state index in [0.717, 1.165) is 11.2 Å². The smallest absolute Gasteiger partial charge is 0.0813 e. The summed E-state index contributed by atoms with van der Waals surface area (Å²) in [6.45, 7) is 2.17. The average molecular weight is 254 g/mol. The van der Waals surface area contributed by atoms with Gasteiger partial charge in [-0.25, -0.2) is 4.98 Å². The summed E-state index contributed by atoms with van der Waals surface area (Å²) in [5.41, 5.74) is 5.39. The topological polar surface area (TPSA) is 24.9 Å². The molecule has 1 heterocycles. The number of nitrogens with one attached hydrogen (secondary N) is 1. The zero-order valence-electron chi connectivity index (χ0n) is 10.1. The van der Waals surface area contributed by atoms with Crippen molar-refractivity contribution in [1.29, 1.82) is 0 Å². The van der Waals surface area contributed by atoms with Gasteiger partial charge in [-0.15, -0.1) is 11.3 Å². The lowest BCUT2D eigenvalue weighted by molar-refractivity contribution is 0.885. The van der Waals surface area contributed by atoms with Crippen LogP contribution in [0.3, 0.4) is 0 Å². The Morgan fingerprint density at radius 2 is 1.94 bits per heavy atom. The Kier molecular flexibility index (Phi) is 2.99. The molecule has 90 valence electrons. The molecule has 0 radical (unpaired) electrons. The Bertz CT molecular complexity index is 646. The summed E-state index contributed by atoms with van der Waals surface area (Å²) in [7, 11) is 0. The molecule has 0 spiro atoms. The van der Waals surface area contributed by atoms with Gasteiger partial charge in [0.2, 0.25) is 0 Å². The van der Waals surface area contributed by atoms with Crippen molar-refractivity contribution < 1.29 is 0 Å². The molecule has 1 aromatic heterocycles. The second-order valence-electron chi connectivity index (χ2n) is 4.31. The number of fused-ring (bicyclic) bond motifs is 1. The van der Waals surface area contributed by atoms with Crippen molar-refractivity contribution >= 4 is 27.2 Å². The van der Waals surface area contributed by atoms with Crippen molar-refractivity contribution in [1.82, 2.24) is 4.98 Å². The third-order valence-corrected chi connectivity index (χ3v) is 3.81. The van der Waals surface area contributed by atoms with E-state index in [0.29, 0.717) is 6.04 Å². The Morgan fingerprint density at radius 3 is 2.78 bits per heavy atom. The van der Waals surface area contributed by atoms with Crippen molar-refractivity contribution in [3.05, 3.63) is 59.6 Å². The predicted molar refractivity (Wildman–Crippen MR) is 78.1 cm³/mol. The van der Waals surface area contributed by atoms with Gasteiger partial charge >= 0.3 is 0 Å². The molecule has 1 atom stereocenters. The molecule has 0 amide bonds. The molecule has 0 aliphatic heterocycles. The third kappa shape index (κ3) is 2.22. The minimum Gasteiger partial charge on any atom is -0.378 e. The van der Waals surface area contributed by atoms with Gasteiger partial charge in [0.05, 0.1) is 15.7 Å². The second-order valence-corrected chi connectivity index (χ2v) is 5.20. The summed E-state index contributed by atoms with van der Waals surface area (Å²) >= 11 is 1.67. The lowest BCUT2D eigenvalue weighted by atomic mass is 10.1. The van der Waals surface area contributed by atoms with Gasteiger partial charge in [-0.3, -0.25) is 0 Å². The number of aromatic nitrogens is 1. The van der Waals surface area contributed by atoms with Crippen LogP contribution in [0.1, 0.15) is 18.5 Å². The highest BCUT2D eigenvalue weighted by molar-refractivity contribution is 7.16. The minimum absolute atomic E-state index is 0.302. The number of rotatable bonds is 3. The van der Waals surface area contributed by atoms with Crippen LogP contribution in [0.25, 0.3) is 10.2 Å². The fraction of sp³-hybridized carbons (Fsp3) is 0.133. The maximum Gasteiger partial charge on any atom is 0.0813 e. The highest BCUT2D eigenvalue weighted by Crippen LogP contribution is 2.24. The predicted octanol–water partition coefficient (Wildman–Crippen LogP) is 4.47. The van der Waals surface area contributed by atoms with Gasteiger partial charge in [-0.1, -0.05) is 30.3 Å². The molecule has 0 unspecified atom stereocenters. The van der Waals surface area contributed by atoms with Crippen LogP contribution in [-0.2, 0) is 0 Å². The molecule has 3 heteroatoms. The molecule has 0 aliphatic carbocycles. The molecule has 0 aliphatic rings. The molecule has 3 aromatic rings. The summed E-state index contributed by atoms with van der Waals surface area (Å²) in [5, 5.41) is 3.52. The van der Waals surface area contributed by atoms with Gasteiger partial charge in [-0.2, -0.15) is 0 Å². The van der Waals surface area contributed by atoms with Crippen molar-refractivity contribution in [3.8, 4) is 0 Å². The summed E-state index contributed by atoms with van der Waals surface area (Å²) in [6.07, 6.45) is 0. The number of benzene rings is 2. The molecule has 2 aromatic carbocycles. The molecular weight excluding hydrogens is 240 g/mol. The van der Waals surface area contributed by atoms with Crippen LogP contribution >= 0.6 is 11.3 Å². The van der Waals surface area contributed by atoms with Gasteiger partial charge in [0.1, 0.15) is 0 Å². The summed E-state index contributed by atoms with van der Waals surface area (Å²) in [4.78, 5) is 4.29. The monoisotopic (exact) mass is 254 g/mol. The van der Waals surface area contributed by atoms with E-state index in [9.17, 15) is 0 Å². The normalized spacial score (nSPS) is 12.5. The number of thiazole rings is 1. The Labute approximate surface area is 110 Å². The molecule has 0 fully saturated rings. The number of anilines is 1. The van der Waals surface area contributed by atoms with Crippen LogP contribution in [0.5, 0.6) is 0 Å². The van der Waals surface area contributed by atoms with E-state index in [4.69, 9.17) is 0 Å². The quantitative estimate of drug-likeness (QED) is 0.746. The Balaban J connectivity index is 1.83. The number of nitrogens with zero attached hydrogens (tertiary/aromatic N) is 1. The first-order valence-corrected chi connectivity index (χ1v) is 6.85. The van der Waals surface area contributed by atoms with E-state index in [2.05, 4.69) is 59.7 Å². The summed E-state index contributed by atoms with van der Waals surface area (Å²) in [5.74, 6) is 0. The second kappa shape index (κ2) is 4.78. The largest absolute Gasteiger partial charge is 0.378 e. The first-order chi connectivity index (χ1) is 8.83. The lowest BCUT2D eigenvalue weighted by Gasteiger charge is -2.15. The highest BCUT2D eigenvalue weighted by atomic mass is 32.1. The van der Waals surface area contributed by atoms with Gasteiger partial charge in [0, 0.05) is 11.7 Å². The highest BCUT2D eigenvalue weighted by Gasteiger charge is 2.05. The Morgan fingerprint density at radius 1 is 1.11 bits per heavy atom. The molecule has 0 bridgehead atoms. The van der Waals surface area contributed by atoms with Crippen LogP contribution in [0.15, 0.2) is 54.0 Å². The number of hydrogen-bond donors (Lipinski definition) is 1. The van der Waals surface area contributed by atoms with Crippen LogP contribution in [-0.4, -0.2) is 4.98 Å². The van der Waals surface area contributed by atoms with E-state index >= 15 is 0 Å². The fourth-order valence-corrected chi connectivity index (χ4v) is 2.74. The molecule has 0 saturated carbocycles. The minimum atomic E-state index is 0.302. The molecule has 1 N–H and O–H groups in total. The fourth-order valence-electron chi connectivity index (χ4n) is 2.02. The van der Waals surface area contributed by atoms with Gasteiger partial charge in [0.25, 0.3) is 0 Å². The van der Waals surface area contributed by atoms with Crippen LogP contribution < -0.4 is 5.32 Å². The maximum absolute atomic E-state index is 4.29. The van der Waals surface area contributed by atoms with E-state index in [1.54, 1.807) is 11.3 Å². The van der Waals surface area contributed by atoms with Crippen molar-refractivity contribution in [3.63, 3.8) is 0 Å². The molecule has 2 nitrogen and oxygen atoms in total. The van der Waals surface area contributed by atoms with E-state index in [1.165, 1.54) is 10.3 Å². The maximum atomic E-state index is 4.29. The first kappa shape index (κ1) is 11.2. The zero-order chi connectivity index (χ0) is 12.4.